The highest BCUT2D eigenvalue weighted by Crippen LogP contribution is 1.81. The number of nitrogens with zero attached hydrogens (tertiary/aromatic N) is 1. The van der Waals surface area contributed by atoms with Crippen LogP contribution < -0.4 is 5.14 Å². The van der Waals surface area contributed by atoms with E-state index in [9.17, 15) is 8.42 Å². The van der Waals surface area contributed by atoms with Crippen LogP contribution in [0.4, 0.5) is 0 Å². The Bertz CT molecular complexity index is 161. The molecule has 0 aromatic heterocycles. The van der Waals surface area contributed by atoms with Gasteiger partial charge in [0.1, 0.15) is 0 Å². The highest BCUT2D eigenvalue weighted by molar-refractivity contribution is 7.88. The predicted molar refractivity (Wildman–Crippen MR) is 35.4 cm³/mol. The van der Waals surface area contributed by atoms with Crippen LogP contribution in [0.25, 0.3) is 0 Å². The Hall–Kier alpha value is -0.130. The van der Waals surface area contributed by atoms with Gasteiger partial charge in [-0.3, -0.25) is 0 Å². The van der Waals surface area contributed by atoms with Crippen LogP contribution in [0.2, 0.25) is 0 Å². The standard InChI is InChI=1S/C4H11N2O2S/c1-6(2)3-4-9(5,7)8/h5H,3-4H2,1-2H3. The van der Waals surface area contributed by atoms with E-state index in [0.29, 0.717) is 6.54 Å². The van der Waals surface area contributed by atoms with Gasteiger partial charge in [0.15, 0.2) is 0 Å². The normalized spacial score (nSPS) is 12.4. The third-order valence-electron chi connectivity index (χ3n) is 0.807. The van der Waals surface area contributed by atoms with Gasteiger partial charge in [-0.2, -0.15) is 0 Å². The molecule has 0 spiro atoms. The Balaban J connectivity index is 3.53. The fraction of sp³-hybridized carbons (Fsp3) is 1.00. The van der Waals surface area contributed by atoms with E-state index in [2.05, 4.69) is 0 Å². The largest absolute Gasteiger partial charge is 0.308 e. The van der Waals surface area contributed by atoms with Crippen LogP contribution in [0.3, 0.4) is 0 Å². The van der Waals surface area contributed by atoms with E-state index in [1.807, 2.05) is 0 Å². The first-order chi connectivity index (χ1) is 3.92. The van der Waals surface area contributed by atoms with E-state index in [1.165, 1.54) is 0 Å². The monoisotopic (exact) mass is 151 g/mol. The van der Waals surface area contributed by atoms with Crippen molar-refractivity contribution >= 4 is 10.0 Å². The lowest BCUT2D eigenvalue weighted by Crippen LogP contribution is -2.21. The van der Waals surface area contributed by atoms with Gasteiger partial charge in [-0.25, -0.2) is 8.42 Å². The molecule has 0 fully saturated rings. The molecule has 0 aromatic carbocycles. The fourth-order valence-corrected chi connectivity index (χ4v) is 0.908. The van der Waals surface area contributed by atoms with Gasteiger partial charge in [0.25, 0.3) is 0 Å². The van der Waals surface area contributed by atoms with Crippen LogP contribution in [0.5, 0.6) is 0 Å². The summed E-state index contributed by atoms with van der Waals surface area (Å²) in [5.41, 5.74) is 0. The molecule has 9 heavy (non-hydrogen) atoms. The molecule has 55 valence electrons. The first-order valence-corrected chi connectivity index (χ1v) is 4.19. The van der Waals surface area contributed by atoms with Gasteiger partial charge >= 0.3 is 0 Å². The first kappa shape index (κ1) is 8.87. The SMILES string of the molecule is CN(C)CCS([NH])(=O)=O. The fourth-order valence-electron chi connectivity index (χ4n) is 0.303. The second-order valence-electron chi connectivity index (χ2n) is 2.12. The third kappa shape index (κ3) is 7.87. The molecule has 0 bridgehead atoms. The summed E-state index contributed by atoms with van der Waals surface area (Å²) in [5, 5.41) is 6.47. The Morgan fingerprint density at radius 3 is 2.00 bits per heavy atom. The lowest BCUT2D eigenvalue weighted by molar-refractivity contribution is 0.432. The summed E-state index contributed by atoms with van der Waals surface area (Å²) in [6, 6.07) is 0. The van der Waals surface area contributed by atoms with E-state index in [0.717, 1.165) is 0 Å². The molecule has 0 rings (SSSR count). The molecule has 1 N–H and O–H groups in total. The Kier molecular flexibility index (Phi) is 3.10. The summed E-state index contributed by atoms with van der Waals surface area (Å²) in [4.78, 5) is 1.73. The smallest absolute Gasteiger partial charge is 0.226 e. The molecule has 0 aliphatic rings. The zero-order valence-electron chi connectivity index (χ0n) is 5.59. The minimum atomic E-state index is -3.51. The highest BCUT2D eigenvalue weighted by atomic mass is 32.2. The Morgan fingerprint density at radius 1 is 1.44 bits per heavy atom. The zero-order chi connectivity index (χ0) is 7.49. The van der Waals surface area contributed by atoms with Gasteiger partial charge in [0, 0.05) is 6.54 Å². The summed E-state index contributed by atoms with van der Waals surface area (Å²) in [7, 11) is 0.0272. The van der Waals surface area contributed by atoms with Gasteiger partial charge in [0.2, 0.25) is 10.0 Å². The van der Waals surface area contributed by atoms with Crippen molar-refractivity contribution in [1.82, 2.24) is 10.0 Å². The molecule has 1 radical (unpaired) electrons. The van der Waals surface area contributed by atoms with Crippen LogP contribution in [0, 0.1) is 0 Å². The summed E-state index contributed by atoms with van der Waals surface area (Å²) in [5.74, 6) is -0.0833. The highest BCUT2D eigenvalue weighted by Gasteiger charge is 2.02. The average molecular weight is 151 g/mol. The number of sulfonamides is 1. The number of hydrogen-bond acceptors (Lipinski definition) is 3. The number of rotatable bonds is 3. The van der Waals surface area contributed by atoms with Crippen molar-refractivity contribution in [1.29, 1.82) is 0 Å². The molecule has 0 amide bonds. The van der Waals surface area contributed by atoms with Crippen LogP contribution >= 0.6 is 0 Å². The van der Waals surface area contributed by atoms with Crippen LogP contribution in [-0.4, -0.2) is 39.7 Å². The first-order valence-electron chi connectivity index (χ1n) is 2.54. The van der Waals surface area contributed by atoms with Gasteiger partial charge in [-0.1, -0.05) is 0 Å². The summed E-state index contributed by atoms with van der Waals surface area (Å²) < 4.78 is 20.4. The molecule has 0 aromatic rings. The zero-order valence-corrected chi connectivity index (χ0v) is 6.40. The summed E-state index contributed by atoms with van der Waals surface area (Å²) >= 11 is 0. The third-order valence-corrected chi connectivity index (χ3v) is 1.53. The molecule has 0 atom stereocenters. The topological polar surface area (TPSA) is 61.2 Å². The van der Waals surface area contributed by atoms with Crippen molar-refractivity contribution in [3.05, 3.63) is 0 Å². The molecule has 4 nitrogen and oxygen atoms in total. The molecule has 0 heterocycles. The second kappa shape index (κ2) is 3.14. The average Bonchev–Trinajstić information content (AvgIpc) is 1.59. The van der Waals surface area contributed by atoms with Gasteiger partial charge in [0.05, 0.1) is 5.75 Å². The molecule has 0 saturated carbocycles. The van der Waals surface area contributed by atoms with Crippen molar-refractivity contribution in [3.8, 4) is 0 Å². The van der Waals surface area contributed by atoms with E-state index in [4.69, 9.17) is 5.14 Å². The van der Waals surface area contributed by atoms with E-state index in [-0.39, 0.29) is 5.75 Å². The molecule has 0 aliphatic heterocycles. The quantitative estimate of drug-likeness (QED) is 0.528. The van der Waals surface area contributed by atoms with Crippen LogP contribution in [0.1, 0.15) is 0 Å². The van der Waals surface area contributed by atoms with Crippen molar-refractivity contribution in [2.75, 3.05) is 26.4 Å². The minimum Gasteiger partial charge on any atom is -0.308 e. The number of nitrogens with one attached hydrogen (secondary N) is 1. The van der Waals surface area contributed by atoms with Gasteiger partial charge in [-0.15, -0.1) is 5.14 Å². The van der Waals surface area contributed by atoms with Crippen molar-refractivity contribution < 1.29 is 8.42 Å². The Labute approximate surface area is 55.7 Å². The maximum Gasteiger partial charge on any atom is 0.226 e. The second-order valence-corrected chi connectivity index (χ2v) is 3.76. The number of hydrogen-bond donors (Lipinski definition) is 0. The molecule has 0 saturated heterocycles. The van der Waals surface area contributed by atoms with E-state index < -0.39 is 10.0 Å². The van der Waals surface area contributed by atoms with Crippen LogP contribution in [-0.2, 0) is 10.0 Å². The Morgan fingerprint density at radius 2 is 1.89 bits per heavy atom. The lowest BCUT2D eigenvalue weighted by atomic mass is 10.7. The van der Waals surface area contributed by atoms with E-state index >= 15 is 0 Å². The molecular formula is C4H11N2O2S. The summed E-state index contributed by atoms with van der Waals surface area (Å²) in [6.45, 7) is 0.422. The molecular weight excluding hydrogens is 140 g/mol. The van der Waals surface area contributed by atoms with Crippen LogP contribution in [0.15, 0.2) is 0 Å². The minimum absolute atomic E-state index is 0.0833. The predicted octanol–water partition coefficient (Wildman–Crippen LogP) is -0.839. The van der Waals surface area contributed by atoms with Crippen molar-refractivity contribution in [3.63, 3.8) is 0 Å². The molecule has 0 unspecified atom stereocenters. The van der Waals surface area contributed by atoms with Crippen molar-refractivity contribution in [2.24, 2.45) is 0 Å². The maximum absolute atomic E-state index is 10.2. The van der Waals surface area contributed by atoms with Crippen molar-refractivity contribution in [2.45, 2.75) is 0 Å². The van der Waals surface area contributed by atoms with Gasteiger partial charge in [-0.05, 0) is 14.1 Å². The van der Waals surface area contributed by atoms with Gasteiger partial charge < -0.3 is 4.90 Å². The van der Waals surface area contributed by atoms with E-state index in [1.54, 1.807) is 19.0 Å². The molecule has 0 aliphatic carbocycles. The lowest BCUT2D eigenvalue weighted by Gasteiger charge is -2.05. The summed E-state index contributed by atoms with van der Waals surface area (Å²) in [6.07, 6.45) is 0. The maximum atomic E-state index is 10.2. The molecule has 5 heteroatoms.